The van der Waals surface area contributed by atoms with Gasteiger partial charge in [-0.2, -0.15) is 0 Å². The van der Waals surface area contributed by atoms with E-state index in [9.17, 15) is 4.79 Å². The maximum Gasteiger partial charge on any atom is 0.407 e. The molecule has 1 fully saturated rings. The lowest BCUT2D eigenvalue weighted by atomic mass is 10.2. The van der Waals surface area contributed by atoms with Crippen LogP contribution in [0.2, 0.25) is 0 Å². The average molecular weight is 271 g/mol. The maximum atomic E-state index is 11.4. The van der Waals surface area contributed by atoms with Crippen molar-refractivity contribution in [2.75, 3.05) is 26.2 Å². The van der Waals surface area contributed by atoms with Crippen LogP contribution in [-0.2, 0) is 4.74 Å². The summed E-state index contributed by atoms with van der Waals surface area (Å²) in [5, 5.41) is 2.78. The molecule has 112 valence electrons. The monoisotopic (exact) mass is 271 g/mol. The number of carbonyl (C=O) groups is 1. The molecule has 5 heteroatoms. The van der Waals surface area contributed by atoms with Crippen LogP contribution in [0.25, 0.3) is 0 Å². The van der Waals surface area contributed by atoms with Crippen LogP contribution in [-0.4, -0.2) is 48.8 Å². The zero-order valence-corrected chi connectivity index (χ0v) is 12.6. The van der Waals surface area contributed by atoms with E-state index in [2.05, 4.69) is 10.2 Å². The summed E-state index contributed by atoms with van der Waals surface area (Å²) in [6.45, 7) is 9.59. The first-order valence-electron chi connectivity index (χ1n) is 7.31. The summed E-state index contributed by atoms with van der Waals surface area (Å²) in [6, 6.07) is 0.369. The van der Waals surface area contributed by atoms with Gasteiger partial charge in [-0.3, -0.25) is 0 Å². The molecule has 1 rings (SSSR count). The van der Waals surface area contributed by atoms with E-state index < -0.39 is 5.60 Å². The molecule has 19 heavy (non-hydrogen) atoms. The summed E-state index contributed by atoms with van der Waals surface area (Å²) in [6.07, 6.45) is 4.10. The number of hydrogen-bond acceptors (Lipinski definition) is 4. The van der Waals surface area contributed by atoms with Crippen LogP contribution in [0.3, 0.4) is 0 Å². The fraction of sp³-hybridized carbons (Fsp3) is 0.929. The molecule has 0 spiro atoms. The molecule has 0 aromatic carbocycles. The number of ether oxygens (including phenoxy) is 1. The number of carbonyl (C=O) groups excluding carboxylic acids is 1. The third kappa shape index (κ3) is 8.06. The highest BCUT2D eigenvalue weighted by Crippen LogP contribution is 2.09. The van der Waals surface area contributed by atoms with Crippen LogP contribution >= 0.6 is 0 Å². The van der Waals surface area contributed by atoms with Gasteiger partial charge >= 0.3 is 6.09 Å². The van der Waals surface area contributed by atoms with Gasteiger partial charge in [0.25, 0.3) is 0 Å². The third-order valence-electron chi connectivity index (χ3n) is 3.13. The predicted octanol–water partition coefficient (Wildman–Crippen LogP) is 1.71. The highest BCUT2D eigenvalue weighted by Gasteiger charge is 2.18. The second-order valence-corrected chi connectivity index (χ2v) is 6.34. The molecule has 5 nitrogen and oxygen atoms in total. The zero-order valence-electron chi connectivity index (χ0n) is 12.6. The molecule has 0 aromatic rings. The fourth-order valence-electron chi connectivity index (χ4n) is 2.21. The Hall–Kier alpha value is -0.810. The number of likely N-dealkylation sites (tertiary alicyclic amines) is 1. The van der Waals surface area contributed by atoms with Gasteiger partial charge < -0.3 is 20.7 Å². The maximum absolute atomic E-state index is 11.4. The SMILES string of the molecule is CC(C)(C)OC(=O)NCCCCCN1CC[C@H](N)C1. The molecule has 0 radical (unpaired) electrons. The summed E-state index contributed by atoms with van der Waals surface area (Å²) in [5.41, 5.74) is 5.44. The van der Waals surface area contributed by atoms with Crippen molar-refractivity contribution in [2.45, 2.75) is 58.1 Å². The molecule has 0 aliphatic carbocycles. The van der Waals surface area contributed by atoms with E-state index in [0.717, 1.165) is 38.9 Å². The average Bonchev–Trinajstić information content (AvgIpc) is 2.67. The van der Waals surface area contributed by atoms with Gasteiger partial charge in [-0.25, -0.2) is 4.79 Å². The minimum atomic E-state index is -0.418. The minimum absolute atomic E-state index is 0.321. The van der Waals surface area contributed by atoms with Crippen molar-refractivity contribution in [3.63, 3.8) is 0 Å². The number of amides is 1. The minimum Gasteiger partial charge on any atom is -0.444 e. The number of nitrogens with two attached hydrogens (primary N) is 1. The first-order chi connectivity index (χ1) is 8.87. The first kappa shape index (κ1) is 16.2. The van der Waals surface area contributed by atoms with Crippen LogP contribution in [0, 0.1) is 0 Å². The summed E-state index contributed by atoms with van der Waals surface area (Å²) in [4.78, 5) is 13.8. The summed E-state index contributed by atoms with van der Waals surface area (Å²) in [5.74, 6) is 0. The van der Waals surface area contributed by atoms with E-state index in [4.69, 9.17) is 10.5 Å². The number of alkyl carbamates (subject to hydrolysis) is 1. The molecule has 0 unspecified atom stereocenters. The van der Waals surface area contributed by atoms with Crippen molar-refractivity contribution in [1.82, 2.24) is 10.2 Å². The Morgan fingerprint density at radius 2 is 2.11 bits per heavy atom. The highest BCUT2D eigenvalue weighted by molar-refractivity contribution is 5.67. The van der Waals surface area contributed by atoms with Crippen LogP contribution in [0.5, 0.6) is 0 Å². The lowest BCUT2D eigenvalue weighted by Gasteiger charge is -2.19. The van der Waals surface area contributed by atoms with Crippen LogP contribution in [0.15, 0.2) is 0 Å². The summed E-state index contributed by atoms with van der Waals surface area (Å²) in [7, 11) is 0. The van der Waals surface area contributed by atoms with E-state index >= 15 is 0 Å². The lowest BCUT2D eigenvalue weighted by Crippen LogP contribution is -2.33. The second kappa shape index (κ2) is 7.70. The Balaban J connectivity index is 1.92. The number of unbranched alkanes of at least 4 members (excludes halogenated alkanes) is 2. The number of nitrogens with one attached hydrogen (secondary N) is 1. The van der Waals surface area contributed by atoms with Crippen molar-refractivity contribution in [1.29, 1.82) is 0 Å². The van der Waals surface area contributed by atoms with Gasteiger partial charge in [0.15, 0.2) is 0 Å². The van der Waals surface area contributed by atoms with Crippen molar-refractivity contribution in [3.05, 3.63) is 0 Å². The molecule has 1 aliphatic heterocycles. The van der Waals surface area contributed by atoms with E-state index in [0.29, 0.717) is 12.6 Å². The van der Waals surface area contributed by atoms with Gasteiger partial charge in [-0.05, 0) is 53.1 Å². The molecular weight excluding hydrogens is 242 g/mol. The number of rotatable bonds is 6. The molecule has 0 saturated carbocycles. The van der Waals surface area contributed by atoms with E-state index in [1.165, 1.54) is 6.42 Å². The van der Waals surface area contributed by atoms with E-state index in [1.807, 2.05) is 20.8 Å². The van der Waals surface area contributed by atoms with E-state index in [-0.39, 0.29) is 6.09 Å². The molecule has 1 heterocycles. The normalized spacial score (nSPS) is 20.5. The third-order valence-corrected chi connectivity index (χ3v) is 3.13. The van der Waals surface area contributed by atoms with Gasteiger partial charge in [0, 0.05) is 19.1 Å². The van der Waals surface area contributed by atoms with E-state index in [1.54, 1.807) is 0 Å². The second-order valence-electron chi connectivity index (χ2n) is 6.34. The quantitative estimate of drug-likeness (QED) is 0.722. The molecule has 1 saturated heterocycles. The largest absolute Gasteiger partial charge is 0.444 e. The van der Waals surface area contributed by atoms with Crippen LogP contribution in [0.1, 0.15) is 46.5 Å². The Kier molecular flexibility index (Phi) is 6.58. The number of nitrogens with zero attached hydrogens (tertiary/aromatic N) is 1. The molecule has 1 atom stereocenters. The van der Waals surface area contributed by atoms with Crippen molar-refractivity contribution >= 4 is 6.09 Å². The van der Waals surface area contributed by atoms with Crippen molar-refractivity contribution in [3.8, 4) is 0 Å². The Bertz CT molecular complexity index is 276. The van der Waals surface area contributed by atoms with Crippen LogP contribution in [0.4, 0.5) is 4.79 Å². The summed E-state index contributed by atoms with van der Waals surface area (Å²) < 4.78 is 5.17. The highest BCUT2D eigenvalue weighted by atomic mass is 16.6. The standard InChI is InChI=1S/C14H29N3O2/c1-14(2,3)19-13(18)16-8-5-4-6-9-17-10-7-12(15)11-17/h12H,4-11,15H2,1-3H3,(H,16,18)/t12-/m0/s1. The van der Waals surface area contributed by atoms with Gasteiger partial charge in [-0.1, -0.05) is 6.42 Å². The van der Waals surface area contributed by atoms with Crippen molar-refractivity contribution in [2.24, 2.45) is 5.73 Å². The molecule has 0 aromatic heterocycles. The molecular formula is C14H29N3O2. The number of hydrogen-bond donors (Lipinski definition) is 2. The predicted molar refractivity (Wildman–Crippen MR) is 77.1 cm³/mol. The summed E-state index contributed by atoms with van der Waals surface area (Å²) >= 11 is 0. The lowest BCUT2D eigenvalue weighted by molar-refractivity contribution is 0.0527. The molecule has 3 N–H and O–H groups in total. The van der Waals surface area contributed by atoms with Gasteiger partial charge in [0.05, 0.1) is 0 Å². The molecule has 1 amide bonds. The van der Waals surface area contributed by atoms with Crippen molar-refractivity contribution < 1.29 is 9.53 Å². The molecule has 1 aliphatic rings. The Morgan fingerprint density at radius 3 is 2.68 bits per heavy atom. The fourth-order valence-corrected chi connectivity index (χ4v) is 2.21. The Morgan fingerprint density at radius 1 is 1.37 bits per heavy atom. The van der Waals surface area contributed by atoms with Crippen LogP contribution < -0.4 is 11.1 Å². The topological polar surface area (TPSA) is 67.6 Å². The van der Waals surface area contributed by atoms with Gasteiger partial charge in [-0.15, -0.1) is 0 Å². The zero-order chi connectivity index (χ0) is 14.3. The van der Waals surface area contributed by atoms with Gasteiger partial charge in [0.2, 0.25) is 0 Å². The first-order valence-corrected chi connectivity index (χ1v) is 7.31. The Labute approximate surface area is 116 Å². The molecule has 0 bridgehead atoms. The van der Waals surface area contributed by atoms with Gasteiger partial charge in [0.1, 0.15) is 5.60 Å². The smallest absolute Gasteiger partial charge is 0.407 e.